The summed E-state index contributed by atoms with van der Waals surface area (Å²) >= 11 is 1.33. The highest BCUT2D eigenvalue weighted by Crippen LogP contribution is 2.51. The number of carbonyl (C=O) groups excluding carboxylic acids is 3. The smallest absolute Gasteiger partial charge is 0.227 e. The maximum absolute atomic E-state index is 14.1. The largest absolute Gasteiger partial charge is 0.493 e. The first-order valence-electron chi connectivity index (χ1n) is 16.4. The van der Waals surface area contributed by atoms with Crippen LogP contribution in [-0.2, 0) is 27.2 Å². The van der Waals surface area contributed by atoms with Gasteiger partial charge in [0, 0.05) is 47.3 Å². The normalized spacial score (nSPS) is 13.4. The van der Waals surface area contributed by atoms with Gasteiger partial charge in [0.05, 0.1) is 39.5 Å². The summed E-state index contributed by atoms with van der Waals surface area (Å²) in [4.78, 5) is 56.9. The van der Waals surface area contributed by atoms with Gasteiger partial charge >= 0.3 is 0 Å². The number of nitrogens with one attached hydrogen (secondary N) is 3. The Morgan fingerprint density at radius 2 is 1.76 bits per heavy atom. The minimum absolute atomic E-state index is 0.0433. The van der Waals surface area contributed by atoms with Crippen molar-refractivity contribution in [3.63, 3.8) is 0 Å². The maximum Gasteiger partial charge on any atom is 0.227 e. The van der Waals surface area contributed by atoms with Gasteiger partial charge in [-0.25, -0.2) is 4.98 Å². The number of nitrogens with zero attached hydrogens (tertiary/aromatic N) is 1. The van der Waals surface area contributed by atoms with Gasteiger partial charge in [-0.05, 0) is 54.7 Å². The van der Waals surface area contributed by atoms with Crippen molar-refractivity contribution in [1.82, 2.24) is 15.6 Å². The second-order valence-corrected chi connectivity index (χ2v) is 13.0. The standard InChI is InChI=1S/C38H38N4O8S/c1-20-19-51-38(40-20)42-31(45)13-14-39-32(46)18-27-26-16-25-24(17-29(44)35(26)50-34(27)22-9-7-6-8-10-22)28(41-21(2)43)12-11-23-15-30(47-3)36(48-4)37(49-5)33(23)25/h6-10,15-17,19,28H,11-14,18H2,1-5H3,(H,39,46)(H,41,43)(H,40,42,45)/t28-/m0/s1. The Morgan fingerprint density at radius 1 is 1.00 bits per heavy atom. The summed E-state index contributed by atoms with van der Waals surface area (Å²) in [7, 11) is 4.60. The molecule has 1 atom stereocenters. The summed E-state index contributed by atoms with van der Waals surface area (Å²) in [6, 6.07) is 13.9. The predicted molar refractivity (Wildman–Crippen MR) is 195 cm³/mol. The molecular weight excluding hydrogens is 673 g/mol. The summed E-state index contributed by atoms with van der Waals surface area (Å²) in [5.74, 6) is 0.743. The number of hydrogen-bond acceptors (Lipinski definition) is 10. The Balaban J connectivity index is 1.49. The van der Waals surface area contributed by atoms with E-state index in [1.807, 2.05) is 54.8 Å². The van der Waals surface area contributed by atoms with Gasteiger partial charge in [0.1, 0.15) is 5.76 Å². The second kappa shape index (κ2) is 15.1. The Kier molecular flexibility index (Phi) is 10.4. The topological polar surface area (TPSA) is 158 Å². The average Bonchev–Trinajstić information content (AvgIpc) is 3.60. The van der Waals surface area contributed by atoms with E-state index in [1.165, 1.54) is 38.5 Å². The summed E-state index contributed by atoms with van der Waals surface area (Å²) in [5.41, 5.74) is 4.36. The SMILES string of the molecule is COc1cc2c(c(OC)c1OC)-c1cc3c(CC(=O)NCCC(=O)Nc4nc(C)cs4)c(-c4ccccc4)oc3c(=O)cc1[C@@H](NC(C)=O)CC2. The summed E-state index contributed by atoms with van der Waals surface area (Å²) in [6.07, 6.45) is 0.914. The molecule has 6 rings (SSSR count). The highest BCUT2D eigenvalue weighted by Gasteiger charge is 2.31. The Hall–Kier alpha value is -5.69. The molecule has 1 aliphatic carbocycles. The van der Waals surface area contributed by atoms with Crippen molar-refractivity contribution in [3.05, 3.63) is 86.5 Å². The molecule has 51 heavy (non-hydrogen) atoms. The second-order valence-electron chi connectivity index (χ2n) is 12.1. The van der Waals surface area contributed by atoms with E-state index in [0.29, 0.717) is 74.2 Å². The lowest BCUT2D eigenvalue weighted by Crippen LogP contribution is -2.29. The van der Waals surface area contributed by atoms with Crippen molar-refractivity contribution in [1.29, 1.82) is 0 Å². The van der Waals surface area contributed by atoms with Crippen LogP contribution in [0.3, 0.4) is 0 Å². The number of aromatic nitrogens is 1. The number of aryl methyl sites for hydroxylation is 2. The molecule has 0 spiro atoms. The quantitative estimate of drug-likeness (QED) is 0.156. The predicted octanol–water partition coefficient (Wildman–Crippen LogP) is 5.73. The van der Waals surface area contributed by atoms with Crippen molar-refractivity contribution in [2.24, 2.45) is 0 Å². The first kappa shape index (κ1) is 35.1. The Morgan fingerprint density at radius 3 is 2.43 bits per heavy atom. The molecule has 3 N–H and O–H groups in total. The van der Waals surface area contributed by atoms with Gasteiger partial charge in [-0.3, -0.25) is 19.2 Å². The van der Waals surface area contributed by atoms with E-state index in [1.54, 1.807) is 7.11 Å². The lowest BCUT2D eigenvalue weighted by molar-refractivity contribution is -0.121. The van der Waals surface area contributed by atoms with Gasteiger partial charge in [-0.1, -0.05) is 30.3 Å². The van der Waals surface area contributed by atoms with Crippen LogP contribution in [0.2, 0.25) is 0 Å². The first-order valence-corrected chi connectivity index (χ1v) is 17.3. The molecule has 2 aromatic heterocycles. The maximum atomic E-state index is 14.1. The molecule has 3 aromatic carbocycles. The zero-order valence-corrected chi connectivity index (χ0v) is 29.7. The number of methoxy groups -OCH3 is 3. The fourth-order valence-electron chi connectivity index (χ4n) is 6.51. The van der Waals surface area contributed by atoms with E-state index in [9.17, 15) is 19.2 Å². The molecule has 0 aliphatic heterocycles. The number of fused-ring (bicyclic) bond motifs is 4. The number of amides is 3. The number of carbonyl (C=O) groups is 3. The zero-order chi connectivity index (χ0) is 36.2. The minimum atomic E-state index is -0.518. The average molecular weight is 711 g/mol. The molecule has 1 aliphatic rings. The van der Waals surface area contributed by atoms with Crippen LogP contribution in [0.5, 0.6) is 17.2 Å². The highest BCUT2D eigenvalue weighted by molar-refractivity contribution is 7.13. The van der Waals surface area contributed by atoms with Crippen LogP contribution in [0, 0.1) is 6.92 Å². The van der Waals surface area contributed by atoms with E-state index in [-0.39, 0.29) is 42.7 Å². The molecule has 12 nitrogen and oxygen atoms in total. The molecule has 13 heteroatoms. The molecule has 0 unspecified atom stereocenters. The number of benzene rings is 2. The van der Waals surface area contributed by atoms with E-state index in [4.69, 9.17) is 18.6 Å². The molecule has 264 valence electrons. The molecule has 0 bridgehead atoms. The fraction of sp³-hybridized carbons (Fsp3) is 0.289. The van der Waals surface area contributed by atoms with E-state index in [0.717, 1.165) is 11.3 Å². The number of thiazole rings is 1. The third kappa shape index (κ3) is 7.29. The van der Waals surface area contributed by atoms with E-state index < -0.39 is 11.5 Å². The van der Waals surface area contributed by atoms with Crippen LogP contribution in [0.25, 0.3) is 33.4 Å². The van der Waals surface area contributed by atoms with Crippen LogP contribution in [0.4, 0.5) is 5.13 Å². The number of hydrogen-bond donors (Lipinski definition) is 3. The van der Waals surface area contributed by atoms with Gasteiger partial charge < -0.3 is 34.6 Å². The molecule has 0 radical (unpaired) electrons. The molecule has 0 fully saturated rings. The van der Waals surface area contributed by atoms with Crippen molar-refractivity contribution >= 4 is 45.2 Å². The van der Waals surface area contributed by atoms with Gasteiger partial charge in [-0.15, -0.1) is 11.3 Å². The molecule has 5 aromatic rings. The highest BCUT2D eigenvalue weighted by atomic mass is 32.1. The molecule has 0 saturated carbocycles. The van der Waals surface area contributed by atoms with Crippen LogP contribution >= 0.6 is 11.3 Å². The summed E-state index contributed by atoms with van der Waals surface area (Å²) in [6.45, 7) is 3.36. The summed E-state index contributed by atoms with van der Waals surface area (Å²) in [5, 5.41) is 11.4. The van der Waals surface area contributed by atoms with Crippen molar-refractivity contribution < 1.29 is 33.0 Å². The van der Waals surface area contributed by atoms with Crippen LogP contribution in [0.1, 0.15) is 48.2 Å². The van der Waals surface area contributed by atoms with Crippen LogP contribution < -0.4 is 35.6 Å². The van der Waals surface area contributed by atoms with Crippen molar-refractivity contribution in [2.45, 2.75) is 45.6 Å². The van der Waals surface area contributed by atoms with Gasteiger partial charge in [0.25, 0.3) is 0 Å². The fourth-order valence-corrected chi connectivity index (χ4v) is 7.21. The molecule has 2 heterocycles. The monoisotopic (exact) mass is 710 g/mol. The number of furan rings is 1. The lowest BCUT2D eigenvalue weighted by atomic mass is 9.94. The summed E-state index contributed by atoms with van der Waals surface area (Å²) < 4.78 is 23.7. The lowest BCUT2D eigenvalue weighted by Gasteiger charge is -2.20. The molecular formula is C38H38N4O8S. The van der Waals surface area contributed by atoms with Crippen molar-refractivity contribution in [2.75, 3.05) is 33.2 Å². The number of ether oxygens (including phenoxy) is 3. The zero-order valence-electron chi connectivity index (χ0n) is 28.9. The third-order valence-electron chi connectivity index (χ3n) is 8.71. The van der Waals surface area contributed by atoms with Crippen molar-refractivity contribution in [3.8, 4) is 39.7 Å². The number of anilines is 1. The van der Waals surface area contributed by atoms with Gasteiger partial charge in [-0.2, -0.15) is 0 Å². The van der Waals surface area contributed by atoms with Crippen LogP contribution in [0.15, 0.2) is 63.1 Å². The first-order chi connectivity index (χ1) is 24.6. The van der Waals surface area contributed by atoms with E-state index in [2.05, 4.69) is 20.9 Å². The molecule has 0 saturated heterocycles. The molecule has 3 amide bonds. The van der Waals surface area contributed by atoms with Gasteiger partial charge in [0.15, 0.2) is 22.2 Å². The third-order valence-corrected chi connectivity index (χ3v) is 9.58. The Bertz CT molecular complexity index is 2190. The van der Waals surface area contributed by atoms with Gasteiger partial charge in [0.2, 0.25) is 28.9 Å². The Labute approximate surface area is 298 Å². The minimum Gasteiger partial charge on any atom is -0.493 e. The number of rotatable bonds is 11. The van der Waals surface area contributed by atoms with Crippen LogP contribution in [-0.4, -0.2) is 50.6 Å². The van der Waals surface area contributed by atoms with E-state index >= 15 is 0 Å².